The van der Waals surface area contributed by atoms with E-state index in [2.05, 4.69) is 22.0 Å². The van der Waals surface area contributed by atoms with Crippen LogP contribution >= 0.6 is 0 Å². The molecule has 3 aromatic rings. The van der Waals surface area contributed by atoms with Crippen molar-refractivity contribution >= 4 is 9.84 Å². The lowest BCUT2D eigenvalue weighted by Crippen LogP contribution is -2.05. The van der Waals surface area contributed by atoms with Gasteiger partial charge in [0.2, 0.25) is 9.84 Å². The van der Waals surface area contributed by atoms with Crippen LogP contribution in [0.2, 0.25) is 0 Å². The summed E-state index contributed by atoms with van der Waals surface area (Å²) in [5.41, 5.74) is 1.09. The Bertz CT molecular complexity index is 1040. The Kier molecular flexibility index (Phi) is 4.78. The maximum absolute atomic E-state index is 12.5. The lowest BCUT2D eigenvalue weighted by Gasteiger charge is -2.02. The largest absolute Gasteiger partial charge is 0.495 e. The number of para-hydroxylation sites is 1. The molecular formula is C19H14N2O3S. The van der Waals surface area contributed by atoms with Gasteiger partial charge in [0.15, 0.2) is 5.03 Å². The van der Waals surface area contributed by atoms with Gasteiger partial charge in [-0.1, -0.05) is 36.3 Å². The molecule has 0 saturated heterocycles. The fraction of sp³-hybridized carbons (Fsp3) is 0.0526. The fourth-order valence-electron chi connectivity index (χ4n) is 2.13. The SMILES string of the molecule is COc1ccccc1C#Cc1ccc(S(=O)(=O)c2ccccc2)nn1. The first-order chi connectivity index (χ1) is 12.1. The third-order valence-corrected chi connectivity index (χ3v) is 5.06. The Morgan fingerprint density at radius 3 is 2.24 bits per heavy atom. The summed E-state index contributed by atoms with van der Waals surface area (Å²) in [6.07, 6.45) is 0. The van der Waals surface area contributed by atoms with Gasteiger partial charge in [-0.2, -0.15) is 0 Å². The molecule has 0 spiro atoms. The van der Waals surface area contributed by atoms with E-state index in [1.54, 1.807) is 25.3 Å². The highest BCUT2D eigenvalue weighted by molar-refractivity contribution is 7.91. The third-order valence-electron chi connectivity index (χ3n) is 3.40. The normalized spacial score (nSPS) is 10.6. The van der Waals surface area contributed by atoms with Gasteiger partial charge in [-0.05, 0) is 42.3 Å². The zero-order valence-electron chi connectivity index (χ0n) is 13.4. The van der Waals surface area contributed by atoms with Crippen molar-refractivity contribution in [1.29, 1.82) is 0 Å². The molecule has 0 amide bonds. The standard InChI is InChI=1S/C19H14N2O3S/c1-24-18-10-6-5-7-15(18)11-12-16-13-14-19(21-20-16)25(22,23)17-8-3-2-4-9-17/h2-10,13-14H,1H3. The highest BCUT2D eigenvalue weighted by Crippen LogP contribution is 2.18. The minimum atomic E-state index is -3.68. The Hall–Kier alpha value is -3.17. The van der Waals surface area contributed by atoms with E-state index in [4.69, 9.17) is 4.74 Å². The van der Waals surface area contributed by atoms with Crippen molar-refractivity contribution in [2.24, 2.45) is 0 Å². The van der Waals surface area contributed by atoms with Gasteiger partial charge in [0.1, 0.15) is 11.4 Å². The van der Waals surface area contributed by atoms with E-state index in [1.807, 2.05) is 24.3 Å². The van der Waals surface area contributed by atoms with E-state index < -0.39 is 9.84 Å². The molecule has 124 valence electrons. The summed E-state index contributed by atoms with van der Waals surface area (Å²) >= 11 is 0. The van der Waals surface area contributed by atoms with Crippen LogP contribution < -0.4 is 4.74 Å². The quantitative estimate of drug-likeness (QED) is 0.680. The molecule has 0 aliphatic carbocycles. The van der Waals surface area contributed by atoms with Gasteiger partial charge < -0.3 is 4.74 Å². The van der Waals surface area contributed by atoms with Gasteiger partial charge in [-0.15, -0.1) is 10.2 Å². The van der Waals surface area contributed by atoms with Gasteiger partial charge in [0, 0.05) is 0 Å². The molecule has 0 fully saturated rings. The molecule has 0 saturated carbocycles. The number of sulfone groups is 1. The van der Waals surface area contributed by atoms with Crippen LogP contribution in [-0.4, -0.2) is 25.7 Å². The van der Waals surface area contributed by atoms with Crippen LogP contribution in [0.15, 0.2) is 76.7 Å². The number of hydrogen-bond donors (Lipinski definition) is 0. The maximum Gasteiger partial charge on any atom is 0.225 e. The summed E-state index contributed by atoms with van der Waals surface area (Å²) in [4.78, 5) is 0.178. The molecule has 0 aliphatic rings. The van der Waals surface area contributed by atoms with E-state index in [-0.39, 0.29) is 9.92 Å². The number of hydrogen-bond acceptors (Lipinski definition) is 5. The zero-order valence-corrected chi connectivity index (χ0v) is 14.2. The zero-order chi connectivity index (χ0) is 17.7. The summed E-state index contributed by atoms with van der Waals surface area (Å²) in [6.45, 7) is 0. The number of nitrogens with zero attached hydrogens (tertiary/aromatic N) is 2. The second-order valence-corrected chi connectivity index (χ2v) is 6.92. The van der Waals surface area contributed by atoms with E-state index in [0.717, 1.165) is 0 Å². The Morgan fingerprint density at radius 2 is 1.56 bits per heavy atom. The monoisotopic (exact) mass is 350 g/mol. The van der Waals surface area contributed by atoms with Crippen LogP contribution in [0.4, 0.5) is 0 Å². The third kappa shape index (κ3) is 3.67. The van der Waals surface area contributed by atoms with Crippen LogP contribution in [0, 0.1) is 11.8 Å². The number of rotatable bonds is 3. The summed E-state index contributed by atoms with van der Waals surface area (Å²) in [7, 11) is -2.10. The maximum atomic E-state index is 12.5. The molecule has 5 nitrogen and oxygen atoms in total. The van der Waals surface area contributed by atoms with Crippen molar-refractivity contribution in [1.82, 2.24) is 10.2 Å². The molecule has 0 N–H and O–H groups in total. The second kappa shape index (κ2) is 7.16. The molecule has 0 radical (unpaired) electrons. The van der Waals surface area contributed by atoms with Crippen LogP contribution in [0.25, 0.3) is 0 Å². The first-order valence-corrected chi connectivity index (χ1v) is 8.88. The fourth-order valence-corrected chi connectivity index (χ4v) is 3.28. The minimum Gasteiger partial charge on any atom is -0.495 e. The van der Waals surface area contributed by atoms with Gasteiger partial charge in [0.25, 0.3) is 0 Å². The van der Waals surface area contributed by atoms with Crippen molar-refractivity contribution in [2.45, 2.75) is 9.92 Å². The molecule has 25 heavy (non-hydrogen) atoms. The molecule has 1 aromatic heterocycles. The van der Waals surface area contributed by atoms with Crippen LogP contribution in [-0.2, 0) is 9.84 Å². The topological polar surface area (TPSA) is 69.2 Å². The molecule has 3 rings (SSSR count). The molecule has 6 heteroatoms. The lowest BCUT2D eigenvalue weighted by atomic mass is 10.2. The smallest absolute Gasteiger partial charge is 0.225 e. The van der Waals surface area contributed by atoms with E-state index in [0.29, 0.717) is 17.0 Å². The molecule has 2 aromatic carbocycles. The van der Waals surface area contributed by atoms with Crippen molar-refractivity contribution in [3.8, 4) is 17.6 Å². The molecule has 0 unspecified atom stereocenters. The van der Waals surface area contributed by atoms with Gasteiger partial charge in [-0.25, -0.2) is 8.42 Å². The van der Waals surface area contributed by atoms with E-state index in [1.165, 1.54) is 24.3 Å². The summed E-state index contributed by atoms with van der Waals surface area (Å²) in [5, 5.41) is 7.60. The van der Waals surface area contributed by atoms with Crippen LogP contribution in [0.3, 0.4) is 0 Å². The molecule has 0 bridgehead atoms. The highest BCUT2D eigenvalue weighted by atomic mass is 32.2. The average Bonchev–Trinajstić information content (AvgIpc) is 2.67. The minimum absolute atomic E-state index is 0.110. The van der Waals surface area contributed by atoms with Gasteiger partial charge >= 0.3 is 0 Å². The highest BCUT2D eigenvalue weighted by Gasteiger charge is 2.19. The first kappa shape index (κ1) is 16.7. The van der Waals surface area contributed by atoms with Crippen molar-refractivity contribution in [3.05, 3.63) is 78.0 Å². The molecule has 0 atom stereocenters. The average molecular weight is 350 g/mol. The number of aromatic nitrogens is 2. The predicted octanol–water partition coefficient (Wildman–Crippen LogP) is 2.72. The molecule has 1 heterocycles. The van der Waals surface area contributed by atoms with Crippen molar-refractivity contribution in [3.63, 3.8) is 0 Å². The van der Waals surface area contributed by atoms with Crippen LogP contribution in [0.1, 0.15) is 11.3 Å². The number of methoxy groups -OCH3 is 1. The van der Waals surface area contributed by atoms with Gasteiger partial charge in [-0.3, -0.25) is 0 Å². The predicted molar refractivity (Wildman–Crippen MR) is 92.9 cm³/mol. The summed E-state index contributed by atoms with van der Waals surface area (Å²) < 4.78 is 30.1. The molecule has 0 aliphatic heterocycles. The van der Waals surface area contributed by atoms with E-state index >= 15 is 0 Å². The second-order valence-electron chi connectivity index (χ2n) is 5.02. The summed E-state index contributed by atoms with van der Waals surface area (Å²) in [5.74, 6) is 6.46. The van der Waals surface area contributed by atoms with Crippen LogP contribution in [0.5, 0.6) is 5.75 Å². The summed E-state index contributed by atoms with van der Waals surface area (Å²) in [6, 6.07) is 18.4. The van der Waals surface area contributed by atoms with Crippen molar-refractivity contribution < 1.29 is 13.2 Å². The van der Waals surface area contributed by atoms with Gasteiger partial charge in [0.05, 0.1) is 17.6 Å². The first-order valence-electron chi connectivity index (χ1n) is 7.40. The Balaban J connectivity index is 1.88. The van der Waals surface area contributed by atoms with Crippen molar-refractivity contribution in [2.75, 3.05) is 7.11 Å². The van der Waals surface area contributed by atoms with E-state index in [9.17, 15) is 8.42 Å². The molecular weight excluding hydrogens is 336 g/mol. The number of benzene rings is 2. The Labute approximate surface area is 146 Å². The lowest BCUT2D eigenvalue weighted by molar-refractivity contribution is 0.413. The Morgan fingerprint density at radius 1 is 0.840 bits per heavy atom. The number of ether oxygens (including phenoxy) is 1.